The number of hydrogen-bond donors (Lipinski definition) is 2. The van der Waals surface area contributed by atoms with Crippen LogP contribution < -0.4 is 10.6 Å². The smallest absolute Gasteiger partial charge is 0.407 e. The summed E-state index contributed by atoms with van der Waals surface area (Å²) in [5.41, 5.74) is -0.416. The van der Waals surface area contributed by atoms with Crippen molar-refractivity contribution in [3.8, 4) is 0 Å². The van der Waals surface area contributed by atoms with Crippen LogP contribution in [-0.4, -0.2) is 30.8 Å². The molecule has 15 heavy (non-hydrogen) atoms. The van der Waals surface area contributed by atoms with Crippen molar-refractivity contribution in [3.05, 3.63) is 0 Å². The van der Waals surface area contributed by atoms with E-state index in [-0.39, 0.29) is 12.1 Å². The Morgan fingerprint density at radius 1 is 1.47 bits per heavy atom. The molecule has 4 heteroatoms. The number of piperidine rings is 1. The predicted molar refractivity (Wildman–Crippen MR) is 59.8 cm³/mol. The first-order valence-electron chi connectivity index (χ1n) is 5.59. The highest BCUT2D eigenvalue weighted by Gasteiger charge is 2.25. The van der Waals surface area contributed by atoms with Gasteiger partial charge in [-0.05, 0) is 46.2 Å². The van der Waals surface area contributed by atoms with Crippen LogP contribution in [0.5, 0.6) is 0 Å². The Balaban J connectivity index is 2.36. The summed E-state index contributed by atoms with van der Waals surface area (Å²) in [6, 6.07) is 0.237. The topological polar surface area (TPSA) is 50.4 Å². The molecule has 0 unspecified atom stereocenters. The van der Waals surface area contributed by atoms with Gasteiger partial charge in [0, 0.05) is 6.04 Å². The van der Waals surface area contributed by atoms with Crippen LogP contribution in [0.15, 0.2) is 0 Å². The van der Waals surface area contributed by atoms with Gasteiger partial charge in [0.2, 0.25) is 0 Å². The number of ether oxygens (including phenoxy) is 1. The zero-order chi connectivity index (χ0) is 11.5. The Labute approximate surface area is 91.8 Å². The summed E-state index contributed by atoms with van der Waals surface area (Å²) in [5.74, 6) is 0.464. The van der Waals surface area contributed by atoms with E-state index in [0.717, 1.165) is 19.5 Å². The number of carbonyl (C=O) groups is 1. The van der Waals surface area contributed by atoms with Crippen LogP contribution in [0.2, 0.25) is 0 Å². The molecule has 2 atom stereocenters. The van der Waals surface area contributed by atoms with Crippen molar-refractivity contribution >= 4 is 6.09 Å². The van der Waals surface area contributed by atoms with Gasteiger partial charge in [-0.25, -0.2) is 4.79 Å². The Bertz CT molecular complexity index is 223. The zero-order valence-corrected chi connectivity index (χ0v) is 10.1. The third kappa shape index (κ3) is 4.51. The lowest BCUT2D eigenvalue weighted by atomic mass is 9.96. The SMILES string of the molecule is C[C@@H]1CNCC[C@H]1NC(=O)OC(C)(C)C. The minimum absolute atomic E-state index is 0.237. The van der Waals surface area contributed by atoms with Gasteiger partial charge >= 0.3 is 6.09 Å². The highest BCUT2D eigenvalue weighted by molar-refractivity contribution is 5.68. The summed E-state index contributed by atoms with van der Waals surface area (Å²) < 4.78 is 5.22. The molecule has 1 heterocycles. The van der Waals surface area contributed by atoms with E-state index in [9.17, 15) is 4.79 Å². The number of alkyl carbamates (subject to hydrolysis) is 1. The number of hydrogen-bond acceptors (Lipinski definition) is 3. The minimum atomic E-state index is -0.416. The molecule has 1 amide bonds. The average molecular weight is 214 g/mol. The maximum Gasteiger partial charge on any atom is 0.407 e. The second-order valence-electron chi connectivity index (χ2n) is 5.22. The second kappa shape index (κ2) is 4.84. The van der Waals surface area contributed by atoms with Crippen molar-refractivity contribution in [1.82, 2.24) is 10.6 Å². The Kier molecular flexibility index (Phi) is 3.97. The van der Waals surface area contributed by atoms with E-state index in [2.05, 4.69) is 17.6 Å². The molecule has 2 N–H and O–H groups in total. The monoisotopic (exact) mass is 214 g/mol. The first-order chi connectivity index (χ1) is 6.88. The Morgan fingerprint density at radius 2 is 2.13 bits per heavy atom. The first kappa shape index (κ1) is 12.3. The fraction of sp³-hybridized carbons (Fsp3) is 0.909. The third-order valence-electron chi connectivity index (χ3n) is 2.49. The van der Waals surface area contributed by atoms with Crippen molar-refractivity contribution in [2.45, 2.75) is 45.8 Å². The molecule has 0 aliphatic carbocycles. The van der Waals surface area contributed by atoms with Gasteiger partial charge in [0.05, 0.1) is 0 Å². The molecular formula is C11H22N2O2. The van der Waals surface area contributed by atoms with E-state index in [0.29, 0.717) is 5.92 Å². The molecule has 1 aliphatic rings. The molecule has 0 aromatic carbocycles. The third-order valence-corrected chi connectivity index (χ3v) is 2.49. The second-order valence-corrected chi connectivity index (χ2v) is 5.22. The van der Waals surface area contributed by atoms with E-state index < -0.39 is 5.60 Å². The molecule has 0 aromatic heterocycles. The number of nitrogens with one attached hydrogen (secondary N) is 2. The molecule has 4 nitrogen and oxygen atoms in total. The lowest BCUT2D eigenvalue weighted by molar-refractivity contribution is 0.0477. The maximum absolute atomic E-state index is 11.5. The average Bonchev–Trinajstić information content (AvgIpc) is 2.05. The summed E-state index contributed by atoms with van der Waals surface area (Å²) in [5, 5.41) is 6.22. The van der Waals surface area contributed by atoms with E-state index in [1.807, 2.05) is 20.8 Å². The van der Waals surface area contributed by atoms with E-state index >= 15 is 0 Å². The van der Waals surface area contributed by atoms with Crippen LogP contribution in [0.1, 0.15) is 34.1 Å². The Morgan fingerprint density at radius 3 is 2.67 bits per heavy atom. The summed E-state index contributed by atoms with van der Waals surface area (Å²) in [6.45, 7) is 9.68. The normalized spacial score (nSPS) is 27.2. The van der Waals surface area contributed by atoms with Crippen LogP contribution in [-0.2, 0) is 4.74 Å². The fourth-order valence-electron chi connectivity index (χ4n) is 1.69. The van der Waals surface area contributed by atoms with Crippen molar-refractivity contribution < 1.29 is 9.53 Å². The molecule has 0 radical (unpaired) electrons. The first-order valence-corrected chi connectivity index (χ1v) is 5.59. The molecule has 0 aromatic rings. The van der Waals surface area contributed by atoms with Crippen molar-refractivity contribution in [3.63, 3.8) is 0 Å². The molecule has 88 valence electrons. The number of rotatable bonds is 1. The summed E-state index contributed by atoms with van der Waals surface area (Å²) >= 11 is 0. The Hall–Kier alpha value is -0.770. The molecule has 1 rings (SSSR count). The predicted octanol–water partition coefficient (Wildman–Crippen LogP) is 1.51. The van der Waals surface area contributed by atoms with Crippen molar-refractivity contribution in [2.24, 2.45) is 5.92 Å². The highest BCUT2D eigenvalue weighted by atomic mass is 16.6. The fourth-order valence-corrected chi connectivity index (χ4v) is 1.69. The van der Waals surface area contributed by atoms with Gasteiger partial charge in [-0.3, -0.25) is 0 Å². The lowest BCUT2D eigenvalue weighted by Crippen LogP contribution is -2.49. The zero-order valence-electron chi connectivity index (χ0n) is 10.1. The minimum Gasteiger partial charge on any atom is -0.444 e. The largest absolute Gasteiger partial charge is 0.444 e. The molecule has 0 spiro atoms. The van der Waals surface area contributed by atoms with Crippen molar-refractivity contribution in [1.29, 1.82) is 0 Å². The van der Waals surface area contributed by atoms with E-state index in [4.69, 9.17) is 4.74 Å². The summed E-state index contributed by atoms with van der Waals surface area (Å²) in [4.78, 5) is 11.5. The molecule has 0 saturated carbocycles. The highest BCUT2D eigenvalue weighted by Crippen LogP contribution is 2.12. The van der Waals surface area contributed by atoms with Crippen LogP contribution >= 0.6 is 0 Å². The van der Waals surface area contributed by atoms with E-state index in [1.165, 1.54) is 0 Å². The molecular weight excluding hydrogens is 192 g/mol. The standard InChI is InChI=1S/C11H22N2O2/c1-8-7-12-6-5-9(8)13-10(14)15-11(2,3)4/h8-9,12H,5-7H2,1-4H3,(H,13,14)/t8-,9-/m1/s1. The lowest BCUT2D eigenvalue weighted by Gasteiger charge is -2.31. The number of amides is 1. The molecule has 1 fully saturated rings. The van der Waals surface area contributed by atoms with Gasteiger partial charge in [0.25, 0.3) is 0 Å². The van der Waals surface area contributed by atoms with Crippen molar-refractivity contribution in [2.75, 3.05) is 13.1 Å². The number of carbonyl (C=O) groups excluding carboxylic acids is 1. The van der Waals surface area contributed by atoms with Gasteiger partial charge in [-0.2, -0.15) is 0 Å². The summed E-state index contributed by atoms with van der Waals surface area (Å²) in [7, 11) is 0. The van der Waals surface area contributed by atoms with Gasteiger partial charge < -0.3 is 15.4 Å². The molecule has 1 saturated heterocycles. The quantitative estimate of drug-likeness (QED) is 0.695. The summed E-state index contributed by atoms with van der Waals surface area (Å²) in [6.07, 6.45) is 0.668. The van der Waals surface area contributed by atoms with Gasteiger partial charge in [-0.1, -0.05) is 6.92 Å². The van der Waals surface area contributed by atoms with E-state index in [1.54, 1.807) is 0 Å². The van der Waals surface area contributed by atoms with Crippen LogP contribution in [0.25, 0.3) is 0 Å². The molecule has 0 bridgehead atoms. The van der Waals surface area contributed by atoms with Crippen LogP contribution in [0, 0.1) is 5.92 Å². The van der Waals surface area contributed by atoms with Gasteiger partial charge in [0.1, 0.15) is 5.60 Å². The molecule has 1 aliphatic heterocycles. The maximum atomic E-state index is 11.5. The van der Waals surface area contributed by atoms with Crippen LogP contribution in [0.4, 0.5) is 4.79 Å². The van der Waals surface area contributed by atoms with Gasteiger partial charge in [0.15, 0.2) is 0 Å². The van der Waals surface area contributed by atoms with Crippen LogP contribution in [0.3, 0.4) is 0 Å². The van der Waals surface area contributed by atoms with Gasteiger partial charge in [-0.15, -0.1) is 0 Å².